The van der Waals surface area contributed by atoms with E-state index < -0.39 is 0 Å². The predicted octanol–water partition coefficient (Wildman–Crippen LogP) is 1.69. The quantitative estimate of drug-likeness (QED) is 0.800. The van der Waals surface area contributed by atoms with E-state index in [2.05, 4.69) is 29.2 Å². The van der Waals surface area contributed by atoms with Crippen molar-refractivity contribution in [1.29, 1.82) is 0 Å². The second-order valence-corrected chi connectivity index (χ2v) is 5.00. The number of nitrogens with one attached hydrogen (secondary N) is 1. The monoisotopic (exact) mass is 251 g/mol. The summed E-state index contributed by atoms with van der Waals surface area (Å²) in [7, 11) is 5.81. The van der Waals surface area contributed by atoms with Crippen LogP contribution in [-0.4, -0.2) is 44.2 Å². The Morgan fingerprint density at radius 2 is 2.17 bits per heavy atom. The third kappa shape index (κ3) is 5.02. The van der Waals surface area contributed by atoms with E-state index in [4.69, 9.17) is 4.74 Å². The molecule has 0 bridgehead atoms. The largest absolute Gasteiger partial charge is 0.497 e. The van der Waals surface area contributed by atoms with Gasteiger partial charge in [0.05, 0.1) is 12.8 Å². The van der Waals surface area contributed by atoms with Crippen LogP contribution < -0.4 is 10.1 Å². The van der Waals surface area contributed by atoms with Gasteiger partial charge in [0.2, 0.25) is 0 Å². The topological polar surface area (TPSA) is 37.4 Å². The Kier molecular flexibility index (Phi) is 6.09. The minimum absolute atomic E-state index is 0.631. The highest BCUT2D eigenvalue weighted by atomic mass is 16.5. The fourth-order valence-electron chi connectivity index (χ4n) is 2.19. The fraction of sp³-hybridized carbons (Fsp3) is 0.643. The minimum atomic E-state index is 0.631. The lowest BCUT2D eigenvalue weighted by atomic mass is 10.1. The number of methoxy groups -OCH3 is 1. The van der Waals surface area contributed by atoms with Crippen LogP contribution in [-0.2, 0) is 6.54 Å². The minimum Gasteiger partial charge on any atom is -0.497 e. The molecule has 0 saturated heterocycles. The van der Waals surface area contributed by atoms with Crippen LogP contribution in [0.3, 0.4) is 0 Å². The first-order valence-electron chi connectivity index (χ1n) is 6.39. The average Bonchev–Trinajstić information content (AvgIpc) is 2.27. The van der Waals surface area contributed by atoms with Crippen molar-refractivity contribution in [2.75, 3.05) is 34.3 Å². The van der Waals surface area contributed by atoms with E-state index in [-0.39, 0.29) is 0 Å². The Morgan fingerprint density at radius 1 is 1.44 bits per heavy atom. The first-order chi connectivity index (χ1) is 8.55. The van der Waals surface area contributed by atoms with E-state index >= 15 is 0 Å². The van der Waals surface area contributed by atoms with Crippen LogP contribution in [0.2, 0.25) is 0 Å². The van der Waals surface area contributed by atoms with Gasteiger partial charge in [0.15, 0.2) is 0 Å². The molecule has 0 spiro atoms. The van der Waals surface area contributed by atoms with Crippen LogP contribution in [0.25, 0.3) is 0 Å². The summed E-state index contributed by atoms with van der Waals surface area (Å²) in [6.45, 7) is 7.19. The van der Waals surface area contributed by atoms with Gasteiger partial charge in [-0.3, -0.25) is 4.98 Å². The van der Waals surface area contributed by atoms with Gasteiger partial charge >= 0.3 is 0 Å². The summed E-state index contributed by atoms with van der Waals surface area (Å²) in [6.07, 6.45) is 0. The van der Waals surface area contributed by atoms with Crippen molar-refractivity contribution < 1.29 is 4.74 Å². The molecule has 1 rings (SSSR count). The van der Waals surface area contributed by atoms with Crippen LogP contribution in [0.4, 0.5) is 0 Å². The fourth-order valence-corrected chi connectivity index (χ4v) is 2.19. The Bertz CT molecular complexity index is 368. The summed E-state index contributed by atoms with van der Waals surface area (Å²) in [4.78, 5) is 6.83. The summed E-state index contributed by atoms with van der Waals surface area (Å²) in [5, 5.41) is 3.20. The highest BCUT2D eigenvalue weighted by Gasteiger charge is 2.08. The molecule has 1 aromatic heterocycles. The van der Waals surface area contributed by atoms with Gasteiger partial charge in [-0.1, -0.05) is 6.92 Å². The molecule has 0 aromatic carbocycles. The Morgan fingerprint density at radius 3 is 2.78 bits per heavy atom. The highest BCUT2D eigenvalue weighted by Crippen LogP contribution is 2.14. The van der Waals surface area contributed by atoms with Crippen LogP contribution >= 0.6 is 0 Å². The molecular weight excluding hydrogens is 226 g/mol. The van der Waals surface area contributed by atoms with Crippen molar-refractivity contribution in [3.05, 3.63) is 23.5 Å². The van der Waals surface area contributed by atoms with Crippen molar-refractivity contribution in [1.82, 2.24) is 15.2 Å². The molecule has 0 aliphatic rings. The number of nitrogens with zero attached hydrogens (tertiary/aromatic N) is 2. The molecule has 0 aliphatic carbocycles. The van der Waals surface area contributed by atoms with Crippen molar-refractivity contribution in [2.45, 2.75) is 20.4 Å². The molecule has 102 valence electrons. The molecule has 1 N–H and O–H groups in total. The number of rotatable bonds is 7. The van der Waals surface area contributed by atoms with Crippen LogP contribution in [0.15, 0.2) is 12.1 Å². The molecule has 0 fully saturated rings. The number of hydrogen-bond acceptors (Lipinski definition) is 4. The lowest BCUT2D eigenvalue weighted by molar-refractivity contribution is 0.273. The van der Waals surface area contributed by atoms with Crippen molar-refractivity contribution in [3.63, 3.8) is 0 Å². The molecule has 0 amide bonds. The van der Waals surface area contributed by atoms with Gasteiger partial charge in [-0.2, -0.15) is 0 Å². The number of pyridine rings is 1. The lowest BCUT2D eigenvalue weighted by Crippen LogP contribution is -2.29. The van der Waals surface area contributed by atoms with Crippen molar-refractivity contribution in [3.8, 4) is 5.75 Å². The van der Waals surface area contributed by atoms with E-state index in [1.54, 1.807) is 7.11 Å². The lowest BCUT2D eigenvalue weighted by Gasteiger charge is -2.21. The molecule has 18 heavy (non-hydrogen) atoms. The number of aromatic nitrogens is 1. The Balaban J connectivity index is 2.58. The van der Waals surface area contributed by atoms with Gasteiger partial charge in [0.1, 0.15) is 5.75 Å². The standard InChI is InChI=1S/C14H25N3O/c1-11(8-15-3)9-17(4)10-13-7-14(18-5)6-12(2)16-13/h6-7,11,15H,8-10H2,1-5H3. The van der Waals surface area contributed by atoms with E-state index in [9.17, 15) is 0 Å². The molecule has 0 aliphatic heterocycles. The zero-order valence-corrected chi connectivity index (χ0v) is 12.2. The van der Waals surface area contributed by atoms with E-state index in [0.29, 0.717) is 5.92 Å². The molecule has 0 saturated carbocycles. The number of aryl methyl sites for hydroxylation is 1. The van der Waals surface area contributed by atoms with Crippen molar-refractivity contribution >= 4 is 0 Å². The molecule has 1 aromatic rings. The first kappa shape index (κ1) is 14.9. The van der Waals surface area contributed by atoms with E-state index in [0.717, 1.165) is 36.8 Å². The SMILES string of the molecule is CNCC(C)CN(C)Cc1cc(OC)cc(C)n1. The number of hydrogen-bond donors (Lipinski definition) is 1. The maximum atomic E-state index is 5.27. The van der Waals surface area contributed by atoms with Gasteiger partial charge in [0, 0.05) is 30.9 Å². The van der Waals surface area contributed by atoms with Gasteiger partial charge < -0.3 is 15.0 Å². The Labute approximate surface area is 110 Å². The number of ether oxygens (including phenoxy) is 1. The first-order valence-corrected chi connectivity index (χ1v) is 6.39. The molecular formula is C14H25N3O. The second kappa shape index (κ2) is 7.34. The van der Waals surface area contributed by atoms with Crippen molar-refractivity contribution in [2.24, 2.45) is 5.92 Å². The highest BCUT2D eigenvalue weighted by molar-refractivity contribution is 5.26. The average molecular weight is 251 g/mol. The maximum Gasteiger partial charge on any atom is 0.122 e. The molecule has 0 radical (unpaired) electrons. The Hall–Kier alpha value is -1.13. The molecule has 4 heteroatoms. The summed E-state index contributed by atoms with van der Waals surface area (Å²) in [5.74, 6) is 1.51. The third-order valence-electron chi connectivity index (χ3n) is 2.82. The normalized spacial score (nSPS) is 12.8. The van der Waals surface area contributed by atoms with Crippen LogP contribution in [0.5, 0.6) is 5.75 Å². The molecule has 1 atom stereocenters. The smallest absolute Gasteiger partial charge is 0.122 e. The van der Waals surface area contributed by atoms with E-state index in [1.807, 2.05) is 26.1 Å². The zero-order valence-electron chi connectivity index (χ0n) is 12.2. The molecule has 1 unspecified atom stereocenters. The zero-order chi connectivity index (χ0) is 13.5. The van der Waals surface area contributed by atoms with Gasteiger partial charge in [-0.15, -0.1) is 0 Å². The van der Waals surface area contributed by atoms with Gasteiger partial charge in [-0.25, -0.2) is 0 Å². The third-order valence-corrected chi connectivity index (χ3v) is 2.82. The molecule has 4 nitrogen and oxygen atoms in total. The van der Waals surface area contributed by atoms with Gasteiger partial charge in [0.25, 0.3) is 0 Å². The molecule has 1 heterocycles. The second-order valence-electron chi connectivity index (χ2n) is 5.00. The van der Waals surface area contributed by atoms with Crippen LogP contribution in [0, 0.1) is 12.8 Å². The summed E-state index contributed by atoms with van der Waals surface area (Å²) in [6, 6.07) is 3.96. The maximum absolute atomic E-state index is 5.27. The van der Waals surface area contributed by atoms with E-state index in [1.165, 1.54) is 0 Å². The van der Waals surface area contributed by atoms with Gasteiger partial charge in [-0.05, 0) is 33.5 Å². The summed E-state index contributed by atoms with van der Waals surface area (Å²) in [5.41, 5.74) is 2.06. The summed E-state index contributed by atoms with van der Waals surface area (Å²) >= 11 is 0. The van der Waals surface area contributed by atoms with Crippen LogP contribution in [0.1, 0.15) is 18.3 Å². The summed E-state index contributed by atoms with van der Waals surface area (Å²) < 4.78 is 5.27. The predicted molar refractivity (Wildman–Crippen MR) is 75.0 cm³/mol.